The van der Waals surface area contributed by atoms with E-state index in [0.717, 1.165) is 20.8 Å². The summed E-state index contributed by atoms with van der Waals surface area (Å²) in [7, 11) is 0. The zero-order valence-corrected chi connectivity index (χ0v) is 23.2. The summed E-state index contributed by atoms with van der Waals surface area (Å²) in [6.07, 6.45) is -20.9. The minimum Gasteiger partial charge on any atom is -0.479 e. The van der Waals surface area contributed by atoms with Crippen LogP contribution in [-0.4, -0.2) is 158 Å². The third kappa shape index (κ3) is 8.75. The molecule has 246 valence electrons. The van der Waals surface area contributed by atoms with E-state index in [4.69, 9.17) is 24.7 Å². The summed E-state index contributed by atoms with van der Waals surface area (Å²) in [6.45, 7) is 2.40. The molecule has 0 aliphatic carbocycles. The third-order valence-electron chi connectivity index (χ3n) is 6.73. The molecule has 2 aliphatic heterocycles. The van der Waals surface area contributed by atoms with Crippen LogP contribution in [0.5, 0.6) is 0 Å². The van der Waals surface area contributed by atoms with E-state index in [9.17, 15) is 59.7 Å². The monoisotopic (exact) mass is 626 g/mol. The van der Waals surface area contributed by atoms with E-state index in [1.165, 1.54) is 0 Å². The number of aliphatic carboxylic acids is 1. The molecule has 2 heterocycles. The Morgan fingerprint density at radius 3 is 2.02 bits per heavy atom. The van der Waals surface area contributed by atoms with Gasteiger partial charge in [-0.3, -0.25) is 19.2 Å². The van der Waals surface area contributed by atoms with E-state index in [1.807, 2.05) is 0 Å². The van der Waals surface area contributed by atoms with Gasteiger partial charge in [-0.15, -0.1) is 0 Å². The van der Waals surface area contributed by atoms with Gasteiger partial charge in [-0.2, -0.15) is 0 Å². The van der Waals surface area contributed by atoms with Gasteiger partial charge in [-0.1, -0.05) is 0 Å². The van der Waals surface area contributed by atoms with E-state index in [1.54, 1.807) is 0 Å². The van der Waals surface area contributed by atoms with Crippen LogP contribution in [0.15, 0.2) is 0 Å². The number of carboxylic acids is 1. The Morgan fingerprint density at radius 2 is 1.56 bits per heavy atom. The highest BCUT2D eigenvalue weighted by molar-refractivity contribution is 5.80. The van der Waals surface area contributed by atoms with Crippen molar-refractivity contribution in [3.63, 3.8) is 0 Å². The van der Waals surface area contributed by atoms with Crippen molar-refractivity contribution in [3.05, 3.63) is 0 Å². The topological polar surface area (TPSA) is 326 Å². The smallest absolute Gasteiger partial charge is 0.335 e. The number of aliphatic hydroxyl groups excluding tert-OH is 6. The summed E-state index contributed by atoms with van der Waals surface area (Å²) in [5.41, 5.74) is 5.21. The van der Waals surface area contributed by atoms with E-state index >= 15 is 0 Å². The number of hydrogen-bond acceptors (Lipinski definition) is 15. The van der Waals surface area contributed by atoms with Crippen LogP contribution in [0.3, 0.4) is 0 Å². The van der Waals surface area contributed by atoms with Gasteiger partial charge in [0.15, 0.2) is 24.8 Å². The summed E-state index contributed by atoms with van der Waals surface area (Å²) in [6, 6.07) is -4.74. The molecule has 14 atom stereocenters. The fourth-order valence-electron chi connectivity index (χ4n) is 4.67. The first-order valence-corrected chi connectivity index (χ1v) is 12.9. The Hall–Kier alpha value is -3.05. The van der Waals surface area contributed by atoms with Crippen molar-refractivity contribution < 1.29 is 78.7 Å². The quantitative estimate of drug-likeness (QED) is 0.0798. The minimum atomic E-state index is -2.18. The van der Waals surface area contributed by atoms with Crippen LogP contribution >= 0.6 is 0 Å². The molecule has 0 unspecified atom stereocenters. The average molecular weight is 627 g/mol. The van der Waals surface area contributed by atoms with Gasteiger partial charge in [-0.25, -0.2) is 4.79 Å². The van der Waals surface area contributed by atoms with Crippen molar-refractivity contribution in [1.29, 1.82) is 0 Å². The molecule has 2 saturated heterocycles. The van der Waals surface area contributed by atoms with Crippen LogP contribution < -0.4 is 21.7 Å². The predicted molar refractivity (Wildman–Crippen MR) is 135 cm³/mol. The number of carboxylic acid groups (broad SMARTS) is 1. The fourth-order valence-corrected chi connectivity index (χ4v) is 4.67. The summed E-state index contributed by atoms with van der Waals surface area (Å²) in [4.78, 5) is 58.9. The number of carbonyl (C=O) groups is 5. The highest BCUT2D eigenvalue weighted by Crippen LogP contribution is 2.31. The SMILES string of the molecule is CC(=O)N[C@H]1[C@@H](O[C@@H]2[C@H](O)[C@@H](NC=O)[C@@H](O[C@@H]([C@H](O)[C@@H](C)O)[C@H](CO)NC(C)=O)O[C@@H]2C(=O)O)O[C@H](C(N)=O)[C@H](O)[C@@H]1O. The third-order valence-corrected chi connectivity index (χ3v) is 6.73. The summed E-state index contributed by atoms with van der Waals surface area (Å²) < 4.78 is 22.0. The highest BCUT2D eigenvalue weighted by atomic mass is 16.7. The van der Waals surface area contributed by atoms with E-state index < -0.39 is 116 Å². The molecule has 0 saturated carbocycles. The molecular formula is C23H38N4O16. The molecule has 2 fully saturated rings. The van der Waals surface area contributed by atoms with Gasteiger partial charge >= 0.3 is 5.97 Å². The van der Waals surface area contributed by atoms with Crippen molar-refractivity contribution in [2.45, 2.75) is 106 Å². The number of nitrogens with two attached hydrogens (primary N) is 1. The fraction of sp³-hybridized carbons (Fsp3) is 0.783. The molecule has 20 nitrogen and oxygen atoms in total. The van der Waals surface area contributed by atoms with Crippen LogP contribution in [0.25, 0.3) is 0 Å². The van der Waals surface area contributed by atoms with E-state index in [2.05, 4.69) is 16.0 Å². The van der Waals surface area contributed by atoms with Crippen LogP contribution in [0, 0.1) is 0 Å². The van der Waals surface area contributed by atoms with Crippen molar-refractivity contribution in [2.75, 3.05) is 6.61 Å². The first kappa shape index (κ1) is 36.1. The first-order valence-electron chi connectivity index (χ1n) is 12.9. The molecule has 0 radical (unpaired) electrons. The van der Waals surface area contributed by atoms with Crippen LogP contribution in [0.2, 0.25) is 0 Å². The Morgan fingerprint density at radius 1 is 0.953 bits per heavy atom. The van der Waals surface area contributed by atoms with E-state index in [0.29, 0.717) is 0 Å². The van der Waals surface area contributed by atoms with Crippen molar-refractivity contribution in [3.8, 4) is 0 Å². The first-order chi connectivity index (χ1) is 20.0. The molecule has 12 N–H and O–H groups in total. The van der Waals surface area contributed by atoms with Gasteiger partial charge in [0.2, 0.25) is 24.1 Å². The molecule has 43 heavy (non-hydrogen) atoms. The number of hydrogen-bond donors (Lipinski definition) is 11. The average Bonchev–Trinajstić information content (AvgIpc) is 2.91. The Balaban J connectivity index is 2.48. The maximum absolute atomic E-state index is 12.3. The predicted octanol–water partition coefficient (Wildman–Crippen LogP) is -7.28. The van der Waals surface area contributed by atoms with Crippen molar-refractivity contribution in [1.82, 2.24) is 16.0 Å². The lowest BCUT2D eigenvalue weighted by Crippen LogP contribution is -2.70. The number of rotatable bonds is 14. The maximum atomic E-state index is 12.3. The second-order valence-electron chi connectivity index (χ2n) is 10.0. The Kier molecular flexibility index (Phi) is 13.1. The van der Waals surface area contributed by atoms with Crippen LogP contribution in [0.1, 0.15) is 20.8 Å². The van der Waals surface area contributed by atoms with Crippen molar-refractivity contribution >= 4 is 30.1 Å². The normalized spacial score (nSPS) is 35.5. The number of nitrogens with one attached hydrogen (secondary N) is 3. The number of primary amides is 1. The molecule has 4 amide bonds. The van der Waals surface area contributed by atoms with Crippen LogP contribution in [-0.2, 0) is 42.9 Å². The Labute approximate surface area is 244 Å². The van der Waals surface area contributed by atoms with Gasteiger partial charge in [0, 0.05) is 13.8 Å². The summed E-state index contributed by atoms with van der Waals surface area (Å²) in [5, 5.41) is 78.9. The molecule has 0 spiro atoms. The molecule has 0 aromatic heterocycles. The molecule has 0 bridgehead atoms. The van der Waals surface area contributed by atoms with Gasteiger partial charge in [-0.05, 0) is 6.92 Å². The number of aliphatic hydroxyl groups is 6. The zero-order valence-electron chi connectivity index (χ0n) is 23.2. The highest BCUT2D eigenvalue weighted by Gasteiger charge is 2.55. The molecule has 20 heteroatoms. The molecule has 2 aliphatic rings. The molecule has 2 rings (SSSR count). The number of amides is 4. The second-order valence-corrected chi connectivity index (χ2v) is 10.0. The second kappa shape index (κ2) is 15.6. The molecular weight excluding hydrogens is 588 g/mol. The van der Waals surface area contributed by atoms with Gasteiger partial charge in [0.05, 0.1) is 18.8 Å². The van der Waals surface area contributed by atoms with Gasteiger partial charge in [0.1, 0.15) is 48.7 Å². The van der Waals surface area contributed by atoms with Crippen LogP contribution in [0.4, 0.5) is 0 Å². The lowest BCUT2D eigenvalue weighted by atomic mass is 9.94. The summed E-state index contributed by atoms with van der Waals surface area (Å²) in [5.74, 6) is -4.49. The summed E-state index contributed by atoms with van der Waals surface area (Å²) >= 11 is 0. The largest absolute Gasteiger partial charge is 0.479 e. The van der Waals surface area contributed by atoms with Gasteiger partial charge in [0.25, 0.3) is 0 Å². The molecule has 0 aromatic carbocycles. The standard InChI is InChI=1S/C23H38N4O16/c1-6(30)12(33)16(9(4-28)26-7(2)31)40-22-10(25-5-29)14(35)17(19(43-22)21(38)39)41-23-11(27-8(3)32)13(34)15(36)18(42-23)20(24)37/h5-6,9-19,22-23,28,30,33-36H,4H2,1-3H3,(H2,24,37)(H,25,29)(H,26,31)(H,27,32)(H,38,39)/t6-,9+,10-,11-,12-,13-,14-,15-,16-,17-,18+,19+,22+,23+/m1/s1. The number of carbonyl (C=O) groups excluding carboxylic acids is 4. The minimum absolute atomic E-state index is 0.0731. The number of ether oxygens (including phenoxy) is 4. The molecule has 0 aromatic rings. The zero-order chi connectivity index (χ0) is 32.8. The van der Waals surface area contributed by atoms with Crippen molar-refractivity contribution in [2.24, 2.45) is 5.73 Å². The lowest BCUT2D eigenvalue weighted by molar-refractivity contribution is -0.329. The van der Waals surface area contributed by atoms with E-state index in [-0.39, 0.29) is 6.41 Å². The maximum Gasteiger partial charge on any atom is 0.335 e. The van der Waals surface area contributed by atoms with Gasteiger partial charge < -0.3 is 76.4 Å². The lowest BCUT2D eigenvalue weighted by Gasteiger charge is -2.47. The Bertz CT molecular complexity index is 1000.